The van der Waals surface area contributed by atoms with E-state index in [9.17, 15) is 4.79 Å². The van der Waals surface area contributed by atoms with Gasteiger partial charge in [-0.15, -0.1) is 10.2 Å². The Morgan fingerprint density at radius 3 is 2.46 bits per heavy atom. The Kier molecular flexibility index (Phi) is 4.10. The van der Waals surface area contributed by atoms with Crippen molar-refractivity contribution < 1.29 is 14.3 Å². The summed E-state index contributed by atoms with van der Waals surface area (Å²) in [5, 5.41) is 13.9. The van der Waals surface area contributed by atoms with Crippen LogP contribution >= 0.6 is 0 Å². The van der Waals surface area contributed by atoms with Crippen molar-refractivity contribution in [3.63, 3.8) is 0 Å². The Balaban J connectivity index is 1.42. The van der Waals surface area contributed by atoms with Crippen LogP contribution in [0.2, 0.25) is 0 Å². The molecule has 0 radical (unpaired) electrons. The summed E-state index contributed by atoms with van der Waals surface area (Å²) in [7, 11) is 0. The maximum atomic E-state index is 12.3. The molecular formula is C19H16N4O3. The van der Waals surface area contributed by atoms with Crippen LogP contribution in [0.5, 0.6) is 11.5 Å². The fraction of sp³-hybridized carbons (Fsp3) is 0.105. The molecule has 4 rings (SSSR count). The summed E-state index contributed by atoms with van der Waals surface area (Å²) < 4.78 is 10.5. The zero-order valence-electron chi connectivity index (χ0n) is 14.0. The Hall–Kier alpha value is -3.61. The number of carbonyl (C=O) groups is 1. The first kappa shape index (κ1) is 15.9. The first-order valence-corrected chi connectivity index (χ1v) is 8.06. The van der Waals surface area contributed by atoms with Gasteiger partial charge in [0.1, 0.15) is 0 Å². The van der Waals surface area contributed by atoms with Crippen LogP contribution in [-0.4, -0.2) is 22.9 Å². The van der Waals surface area contributed by atoms with Gasteiger partial charge in [-0.25, -0.2) is 0 Å². The maximum absolute atomic E-state index is 12.3. The molecule has 0 bridgehead atoms. The molecular weight excluding hydrogens is 332 g/mol. The number of aromatic nitrogens is 2. The lowest BCUT2D eigenvalue weighted by Gasteiger charge is -2.07. The van der Waals surface area contributed by atoms with E-state index in [-0.39, 0.29) is 18.4 Å². The Morgan fingerprint density at radius 1 is 0.923 bits per heavy atom. The van der Waals surface area contributed by atoms with Crippen molar-refractivity contribution >= 4 is 23.1 Å². The molecule has 0 unspecified atom stereocenters. The van der Waals surface area contributed by atoms with Gasteiger partial charge < -0.3 is 20.1 Å². The number of aryl methyl sites for hydroxylation is 1. The number of hydrogen-bond acceptors (Lipinski definition) is 6. The first-order chi connectivity index (χ1) is 12.7. The minimum Gasteiger partial charge on any atom is -0.454 e. The molecule has 1 amide bonds. The number of anilines is 3. The van der Waals surface area contributed by atoms with Crippen molar-refractivity contribution in [2.75, 3.05) is 17.4 Å². The van der Waals surface area contributed by atoms with Crippen LogP contribution in [0.4, 0.5) is 17.2 Å². The molecule has 7 heteroatoms. The summed E-state index contributed by atoms with van der Waals surface area (Å²) >= 11 is 0. The highest BCUT2D eigenvalue weighted by molar-refractivity contribution is 6.03. The number of hydrogen-bond donors (Lipinski definition) is 2. The van der Waals surface area contributed by atoms with Gasteiger partial charge in [-0.3, -0.25) is 4.79 Å². The fourth-order valence-electron chi connectivity index (χ4n) is 2.47. The van der Waals surface area contributed by atoms with Crippen LogP contribution < -0.4 is 20.1 Å². The van der Waals surface area contributed by atoms with E-state index in [2.05, 4.69) is 20.8 Å². The molecule has 0 aliphatic carbocycles. The van der Waals surface area contributed by atoms with Crippen LogP contribution in [0.1, 0.15) is 16.1 Å². The van der Waals surface area contributed by atoms with Gasteiger partial charge in [0.15, 0.2) is 23.0 Å². The molecule has 7 nitrogen and oxygen atoms in total. The molecule has 2 N–H and O–H groups in total. The van der Waals surface area contributed by atoms with Gasteiger partial charge in [-0.2, -0.15) is 0 Å². The topological polar surface area (TPSA) is 85.4 Å². The van der Waals surface area contributed by atoms with Crippen molar-refractivity contribution in [2.24, 2.45) is 0 Å². The number of nitrogens with zero attached hydrogens (tertiary/aromatic N) is 2. The molecule has 1 aromatic heterocycles. The standard InChI is InChI=1S/C19H16N4O3/c1-12-2-4-13(5-3-12)20-18-9-7-15(22-23-18)19(24)21-14-6-8-16-17(10-14)26-11-25-16/h2-10H,11H2,1H3,(H,20,23)(H,21,24). The van der Waals surface area contributed by atoms with Crippen molar-refractivity contribution in [3.8, 4) is 11.5 Å². The van der Waals surface area contributed by atoms with E-state index in [1.807, 2.05) is 31.2 Å². The van der Waals surface area contributed by atoms with Gasteiger partial charge in [-0.05, 0) is 43.3 Å². The van der Waals surface area contributed by atoms with Crippen LogP contribution in [0.15, 0.2) is 54.6 Å². The highest BCUT2D eigenvalue weighted by Gasteiger charge is 2.15. The van der Waals surface area contributed by atoms with Crippen molar-refractivity contribution in [1.82, 2.24) is 10.2 Å². The van der Waals surface area contributed by atoms with E-state index in [4.69, 9.17) is 9.47 Å². The second-order valence-electron chi connectivity index (χ2n) is 5.82. The molecule has 2 heterocycles. The van der Waals surface area contributed by atoms with Crippen LogP contribution in [0.25, 0.3) is 0 Å². The van der Waals surface area contributed by atoms with E-state index < -0.39 is 0 Å². The van der Waals surface area contributed by atoms with Crippen molar-refractivity contribution in [1.29, 1.82) is 0 Å². The predicted octanol–water partition coefficient (Wildman–Crippen LogP) is 3.51. The number of rotatable bonds is 4. The van der Waals surface area contributed by atoms with Gasteiger partial charge >= 0.3 is 0 Å². The molecule has 1 aliphatic rings. The smallest absolute Gasteiger partial charge is 0.276 e. The second kappa shape index (κ2) is 6.72. The molecule has 0 fully saturated rings. The van der Waals surface area contributed by atoms with E-state index in [0.29, 0.717) is 23.0 Å². The van der Waals surface area contributed by atoms with Crippen molar-refractivity contribution in [3.05, 3.63) is 65.9 Å². The molecule has 2 aromatic carbocycles. The number of ether oxygens (including phenoxy) is 2. The molecule has 0 saturated carbocycles. The summed E-state index contributed by atoms with van der Waals surface area (Å²) in [5.41, 5.74) is 2.90. The summed E-state index contributed by atoms with van der Waals surface area (Å²) in [4.78, 5) is 12.3. The van der Waals surface area contributed by atoms with Crippen LogP contribution in [-0.2, 0) is 0 Å². The lowest BCUT2D eigenvalue weighted by Crippen LogP contribution is -2.14. The predicted molar refractivity (Wildman–Crippen MR) is 97.0 cm³/mol. The number of nitrogens with one attached hydrogen (secondary N) is 2. The van der Waals surface area contributed by atoms with E-state index >= 15 is 0 Å². The number of benzene rings is 2. The monoisotopic (exact) mass is 348 g/mol. The normalized spacial score (nSPS) is 11.9. The first-order valence-electron chi connectivity index (χ1n) is 8.06. The molecule has 0 atom stereocenters. The SMILES string of the molecule is Cc1ccc(Nc2ccc(C(=O)Nc3ccc4c(c3)OCO4)nn2)cc1. The highest BCUT2D eigenvalue weighted by Crippen LogP contribution is 2.34. The summed E-state index contributed by atoms with van der Waals surface area (Å²) in [6.45, 7) is 2.21. The lowest BCUT2D eigenvalue weighted by atomic mass is 10.2. The number of fused-ring (bicyclic) bond motifs is 1. The average Bonchev–Trinajstić information content (AvgIpc) is 3.12. The van der Waals surface area contributed by atoms with E-state index in [1.54, 1.807) is 30.3 Å². The zero-order chi connectivity index (χ0) is 17.9. The molecule has 1 aliphatic heterocycles. The third-order valence-electron chi connectivity index (χ3n) is 3.85. The van der Waals surface area contributed by atoms with Gasteiger partial charge in [0.05, 0.1) is 0 Å². The van der Waals surface area contributed by atoms with Crippen molar-refractivity contribution in [2.45, 2.75) is 6.92 Å². The zero-order valence-corrected chi connectivity index (χ0v) is 14.0. The van der Waals surface area contributed by atoms with Gasteiger partial charge in [0.25, 0.3) is 5.91 Å². The summed E-state index contributed by atoms with van der Waals surface area (Å²) in [6, 6.07) is 16.4. The van der Waals surface area contributed by atoms with Gasteiger partial charge in [0.2, 0.25) is 6.79 Å². The molecule has 0 saturated heterocycles. The molecule has 3 aromatic rings. The minimum absolute atomic E-state index is 0.188. The van der Waals surface area contributed by atoms with E-state index in [0.717, 1.165) is 5.69 Å². The van der Waals surface area contributed by atoms with Gasteiger partial charge in [0, 0.05) is 17.4 Å². The Bertz CT molecular complexity index is 940. The Morgan fingerprint density at radius 2 is 1.69 bits per heavy atom. The fourth-order valence-corrected chi connectivity index (χ4v) is 2.47. The third-order valence-corrected chi connectivity index (χ3v) is 3.85. The van der Waals surface area contributed by atoms with Gasteiger partial charge in [-0.1, -0.05) is 17.7 Å². The minimum atomic E-state index is -0.349. The maximum Gasteiger partial charge on any atom is 0.276 e. The van der Waals surface area contributed by atoms with Crippen LogP contribution in [0, 0.1) is 6.92 Å². The van der Waals surface area contributed by atoms with E-state index in [1.165, 1.54) is 5.56 Å². The quantitative estimate of drug-likeness (QED) is 0.750. The average molecular weight is 348 g/mol. The second-order valence-corrected chi connectivity index (χ2v) is 5.82. The molecule has 130 valence electrons. The summed E-state index contributed by atoms with van der Waals surface area (Å²) in [5.74, 6) is 1.48. The number of carbonyl (C=O) groups excluding carboxylic acids is 1. The molecule has 0 spiro atoms. The molecule has 26 heavy (non-hydrogen) atoms. The lowest BCUT2D eigenvalue weighted by molar-refractivity contribution is 0.102. The number of amides is 1. The highest BCUT2D eigenvalue weighted by atomic mass is 16.7. The largest absolute Gasteiger partial charge is 0.454 e. The summed E-state index contributed by atoms with van der Waals surface area (Å²) in [6.07, 6.45) is 0. The third kappa shape index (κ3) is 3.41. The van der Waals surface area contributed by atoms with Crippen LogP contribution in [0.3, 0.4) is 0 Å². The Labute approximate surface area is 150 Å².